The van der Waals surface area contributed by atoms with Crippen LogP contribution < -0.4 is 4.90 Å². The zero-order valence-electron chi connectivity index (χ0n) is 30.9. The number of fused-ring (bicyclic) bond motifs is 9. The number of rotatable bonds is 5. The first-order valence-corrected chi connectivity index (χ1v) is 19.2. The smallest absolute Gasteiger partial charge is 0.0547 e. The lowest BCUT2D eigenvalue weighted by atomic mass is 9.82. The predicted molar refractivity (Wildman–Crippen MR) is 233 cm³/mol. The van der Waals surface area contributed by atoms with Gasteiger partial charge in [0.25, 0.3) is 0 Å². The summed E-state index contributed by atoms with van der Waals surface area (Å²) in [6.45, 7) is 4.73. The third-order valence-electron chi connectivity index (χ3n) is 11.9. The highest BCUT2D eigenvalue weighted by atomic mass is 15.1. The van der Waals surface area contributed by atoms with Crippen molar-refractivity contribution in [2.24, 2.45) is 0 Å². The molecule has 0 spiro atoms. The Morgan fingerprint density at radius 3 is 1.84 bits per heavy atom. The van der Waals surface area contributed by atoms with E-state index in [9.17, 15) is 0 Å². The van der Waals surface area contributed by atoms with Crippen molar-refractivity contribution in [3.05, 3.63) is 205 Å². The summed E-state index contributed by atoms with van der Waals surface area (Å²) in [4.78, 5) is 2.41. The molecule has 10 aromatic rings. The monoisotopic (exact) mass is 702 g/mol. The fourth-order valence-electron chi connectivity index (χ4n) is 9.22. The van der Waals surface area contributed by atoms with Crippen LogP contribution in [0.2, 0.25) is 0 Å². The largest absolute Gasteiger partial charge is 0.310 e. The van der Waals surface area contributed by atoms with Crippen molar-refractivity contribution < 1.29 is 0 Å². The molecule has 55 heavy (non-hydrogen) atoms. The minimum absolute atomic E-state index is 0.0588. The number of anilines is 3. The molecular formula is C53H38N2. The fraction of sp³-hybridized carbons (Fsp3) is 0.0566. The van der Waals surface area contributed by atoms with E-state index >= 15 is 0 Å². The van der Waals surface area contributed by atoms with Gasteiger partial charge in [0, 0.05) is 38.9 Å². The number of aromatic nitrogens is 1. The van der Waals surface area contributed by atoms with E-state index in [2.05, 4.69) is 217 Å². The highest BCUT2D eigenvalue weighted by Gasteiger charge is 2.36. The van der Waals surface area contributed by atoms with E-state index < -0.39 is 0 Å². The van der Waals surface area contributed by atoms with E-state index in [1.165, 1.54) is 76.7 Å². The second-order valence-electron chi connectivity index (χ2n) is 15.4. The lowest BCUT2D eigenvalue weighted by molar-refractivity contribution is 0.661. The Morgan fingerprint density at radius 2 is 1.02 bits per heavy atom. The summed E-state index contributed by atoms with van der Waals surface area (Å²) < 4.78 is 2.44. The molecule has 0 saturated heterocycles. The van der Waals surface area contributed by atoms with Gasteiger partial charge in [-0.1, -0.05) is 141 Å². The summed E-state index contributed by atoms with van der Waals surface area (Å²) in [6, 6.07) is 71.4. The molecule has 2 nitrogen and oxygen atoms in total. The Balaban J connectivity index is 1.18. The Kier molecular flexibility index (Phi) is 6.93. The third kappa shape index (κ3) is 4.88. The lowest BCUT2D eigenvalue weighted by Crippen LogP contribution is -2.14. The van der Waals surface area contributed by atoms with Crippen LogP contribution in [0.4, 0.5) is 17.1 Å². The van der Waals surface area contributed by atoms with Gasteiger partial charge in [-0.15, -0.1) is 0 Å². The second-order valence-corrected chi connectivity index (χ2v) is 15.4. The minimum atomic E-state index is -0.0588. The number of hydrogen-bond acceptors (Lipinski definition) is 1. The summed E-state index contributed by atoms with van der Waals surface area (Å²) in [5.41, 5.74) is 14.8. The molecule has 260 valence electrons. The first-order chi connectivity index (χ1) is 27.0. The second kappa shape index (κ2) is 12.1. The zero-order valence-corrected chi connectivity index (χ0v) is 30.9. The van der Waals surface area contributed by atoms with E-state index in [-0.39, 0.29) is 5.41 Å². The Bertz CT molecular complexity index is 3100. The summed E-state index contributed by atoms with van der Waals surface area (Å²) in [5.74, 6) is 0. The molecule has 0 amide bonds. The van der Waals surface area contributed by atoms with Gasteiger partial charge in [0.05, 0.1) is 11.0 Å². The van der Waals surface area contributed by atoms with E-state index in [1.54, 1.807) is 0 Å². The SMILES string of the molecule is CC1(C)c2ccccc2-c2c1ccc1cc3c(cc21)c1cc(N(c2ccc(-c4ccccc4)cc2)c2ccc4ccccc4c2)ccc1n3-c1ccccc1. The molecule has 1 aliphatic rings. The summed E-state index contributed by atoms with van der Waals surface area (Å²) in [6.07, 6.45) is 0. The normalized spacial score (nSPS) is 13.1. The topological polar surface area (TPSA) is 8.17 Å². The first kappa shape index (κ1) is 31.6. The average Bonchev–Trinajstić information content (AvgIpc) is 3.68. The van der Waals surface area contributed by atoms with E-state index in [0.717, 1.165) is 22.7 Å². The molecule has 0 N–H and O–H groups in total. The van der Waals surface area contributed by atoms with Crippen LogP contribution in [0.25, 0.3) is 71.3 Å². The molecule has 0 bridgehead atoms. The van der Waals surface area contributed by atoms with Gasteiger partial charge < -0.3 is 9.47 Å². The van der Waals surface area contributed by atoms with E-state index in [0.29, 0.717) is 0 Å². The summed E-state index contributed by atoms with van der Waals surface area (Å²) in [5, 5.41) is 7.50. The molecule has 0 fully saturated rings. The first-order valence-electron chi connectivity index (χ1n) is 19.2. The molecule has 1 heterocycles. The number of hydrogen-bond donors (Lipinski definition) is 0. The molecule has 0 unspecified atom stereocenters. The zero-order chi connectivity index (χ0) is 36.7. The van der Waals surface area contributed by atoms with Gasteiger partial charge in [-0.2, -0.15) is 0 Å². The Labute approximate surface area is 321 Å². The van der Waals surface area contributed by atoms with E-state index in [4.69, 9.17) is 0 Å². The Hall–Kier alpha value is -6.90. The van der Waals surface area contributed by atoms with Gasteiger partial charge >= 0.3 is 0 Å². The van der Waals surface area contributed by atoms with Crippen molar-refractivity contribution in [1.82, 2.24) is 4.57 Å². The van der Waals surface area contributed by atoms with Crippen LogP contribution in [-0.4, -0.2) is 4.57 Å². The standard InChI is InChI=1S/C53H38N2/c1-53(2)48-20-12-11-19-44(48)52-45-34-47-46-33-43(28-30-50(46)55(40-17-7-4-8-18-40)51(47)32-39(45)24-29-49(52)53)54(42-27-23-36-15-9-10-16-38(36)31-42)41-25-21-37(22-26-41)35-13-5-3-6-14-35/h3-34H,1-2H3. The summed E-state index contributed by atoms with van der Waals surface area (Å²) >= 11 is 0. The van der Waals surface area contributed by atoms with Crippen molar-refractivity contribution in [3.63, 3.8) is 0 Å². The van der Waals surface area contributed by atoms with Crippen LogP contribution in [0.1, 0.15) is 25.0 Å². The van der Waals surface area contributed by atoms with Crippen molar-refractivity contribution in [3.8, 4) is 27.9 Å². The number of benzene rings is 9. The molecule has 0 atom stereocenters. The van der Waals surface area contributed by atoms with Crippen LogP contribution in [-0.2, 0) is 5.41 Å². The number of para-hydroxylation sites is 1. The number of nitrogens with zero attached hydrogens (tertiary/aromatic N) is 2. The third-order valence-corrected chi connectivity index (χ3v) is 11.9. The highest BCUT2D eigenvalue weighted by Crippen LogP contribution is 2.52. The molecule has 1 aliphatic carbocycles. The van der Waals surface area contributed by atoms with E-state index in [1.807, 2.05) is 0 Å². The quantitative estimate of drug-likeness (QED) is 0.173. The van der Waals surface area contributed by atoms with Crippen LogP contribution >= 0.6 is 0 Å². The average molecular weight is 703 g/mol. The molecular weight excluding hydrogens is 665 g/mol. The van der Waals surface area contributed by atoms with Gasteiger partial charge in [0.15, 0.2) is 0 Å². The molecule has 1 aromatic heterocycles. The van der Waals surface area contributed by atoms with Gasteiger partial charge in [0.2, 0.25) is 0 Å². The predicted octanol–water partition coefficient (Wildman–Crippen LogP) is 14.5. The maximum absolute atomic E-state index is 2.47. The van der Waals surface area contributed by atoms with Gasteiger partial charge in [-0.05, 0) is 122 Å². The van der Waals surface area contributed by atoms with Crippen molar-refractivity contribution in [2.75, 3.05) is 4.90 Å². The highest BCUT2D eigenvalue weighted by molar-refractivity contribution is 6.17. The molecule has 0 saturated carbocycles. The van der Waals surface area contributed by atoms with Crippen LogP contribution in [0, 0.1) is 0 Å². The summed E-state index contributed by atoms with van der Waals surface area (Å²) in [7, 11) is 0. The van der Waals surface area contributed by atoms with Crippen LogP contribution in [0.15, 0.2) is 194 Å². The van der Waals surface area contributed by atoms with Crippen molar-refractivity contribution in [2.45, 2.75) is 19.3 Å². The minimum Gasteiger partial charge on any atom is -0.310 e. The van der Waals surface area contributed by atoms with Gasteiger partial charge in [0.1, 0.15) is 0 Å². The fourth-order valence-corrected chi connectivity index (χ4v) is 9.22. The van der Waals surface area contributed by atoms with Crippen LogP contribution in [0.3, 0.4) is 0 Å². The molecule has 2 heteroatoms. The maximum Gasteiger partial charge on any atom is 0.0547 e. The lowest BCUT2D eigenvalue weighted by Gasteiger charge is -2.26. The Morgan fingerprint density at radius 1 is 0.400 bits per heavy atom. The molecule has 0 radical (unpaired) electrons. The van der Waals surface area contributed by atoms with Crippen molar-refractivity contribution in [1.29, 1.82) is 0 Å². The van der Waals surface area contributed by atoms with Crippen molar-refractivity contribution >= 4 is 60.4 Å². The van der Waals surface area contributed by atoms with Gasteiger partial charge in [-0.3, -0.25) is 0 Å². The van der Waals surface area contributed by atoms with Crippen LogP contribution in [0.5, 0.6) is 0 Å². The molecule has 11 rings (SSSR count). The maximum atomic E-state index is 2.47. The molecule has 9 aromatic carbocycles. The molecule has 0 aliphatic heterocycles. The van der Waals surface area contributed by atoms with Gasteiger partial charge in [-0.25, -0.2) is 0 Å².